The largest absolute Gasteiger partial charge is 0.495 e. The van der Waals surface area contributed by atoms with Crippen molar-refractivity contribution in [1.29, 1.82) is 0 Å². The molecule has 0 aliphatic heterocycles. The van der Waals surface area contributed by atoms with Gasteiger partial charge >= 0.3 is 0 Å². The average molecular weight is 562 g/mol. The van der Waals surface area contributed by atoms with E-state index in [-0.39, 0.29) is 23.0 Å². The van der Waals surface area contributed by atoms with Crippen molar-refractivity contribution in [2.45, 2.75) is 11.3 Å². The van der Waals surface area contributed by atoms with Crippen LogP contribution in [0, 0.1) is 5.82 Å². The van der Waals surface area contributed by atoms with Gasteiger partial charge in [-0.05, 0) is 65.2 Å². The van der Waals surface area contributed by atoms with Gasteiger partial charge in [-0.1, -0.05) is 41.7 Å². The summed E-state index contributed by atoms with van der Waals surface area (Å²) in [6, 6.07) is 24.1. The second-order valence-electron chi connectivity index (χ2n) is 8.89. The van der Waals surface area contributed by atoms with E-state index in [9.17, 15) is 17.6 Å². The molecular weight excluding hydrogens is 537 g/mol. The lowest BCUT2D eigenvalue weighted by Crippen LogP contribution is -2.14. The van der Waals surface area contributed by atoms with E-state index in [2.05, 4.69) is 15.6 Å². The van der Waals surface area contributed by atoms with E-state index in [1.165, 1.54) is 42.7 Å². The minimum atomic E-state index is -3.35. The number of methoxy groups -OCH3 is 1. The van der Waals surface area contributed by atoms with Crippen LogP contribution < -0.4 is 15.4 Å². The lowest BCUT2D eigenvalue weighted by Gasteiger charge is -2.10. The molecule has 0 saturated carbocycles. The van der Waals surface area contributed by atoms with E-state index >= 15 is 0 Å². The summed E-state index contributed by atoms with van der Waals surface area (Å²) in [5.74, 6) is -0.106. The van der Waals surface area contributed by atoms with Gasteiger partial charge in [0.25, 0.3) is 0 Å². The van der Waals surface area contributed by atoms with Crippen molar-refractivity contribution in [3.05, 3.63) is 96.3 Å². The number of nitrogens with zero attached hydrogens (tertiary/aromatic N) is 1. The van der Waals surface area contributed by atoms with Crippen molar-refractivity contribution in [2.24, 2.45) is 0 Å². The molecule has 4 aromatic carbocycles. The predicted molar refractivity (Wildman–Crippen MR) is 153 cm³/mol. The van der Waals surface area contributed by atoms with Crippen LogP contribution in [0.2, 0.25) is 0 Å². The second kappa shape index (κ2) is 10.8. The fraction of sp³-hybridized carbons (Fsp3) is 0.103. The number of hydrogen-bond donors (Lipinski definition) is 2. The highest BCUT2D eigenvalue weighted by Gasteiger charge is 2.14. The molecule has 10 heteroatoms. The van der Waals surface area contributed by atoms with Crippen LogP contribution in [0.15, 0.2) is 89.8 Å². The molecule has 2 N–H and O–H groups in total. The van der Waals surface area contributed by atoms with E-state index in [0.717, 1.165) is 33.2 Å². The summed E-state index contributed by atoms with van der Waals surface area (Å²) >= 11 is 1.47. The molecule has 1 heterocycles. The number of carbonyl (C=O) groups excluding carboxylic acids is 1. The molecular formula is C29H24FN3O4S2. The van der Waals surface area contributed by atoms with Crippen LogP contribution in [-0.4, -0.2) is 32.7 Å². The van der Waals surface area contributed by atoms with Crippen molar-refractivity contribution in [3.63, 3.8) is 0 Å². The van der Waals surface area contributed by atoms with E-state index in [1.807, 2.05) is 42.5 Å². The summed E-state index contributed by atoms with van der Waals surface area (Å²) in [7, 11) is -1.87. The number of ether oxygens (including phenoxy) is 1. The summed E-state index contributed by atoms with van der Waals surface area (Å²) in [5.41, 5.74) is 4.82. The van der Waals surface area contributed by atoms with Crippen LogP contribution in [0.4, 0.5) is 20.9 Å². The van der Waals surface area contributed by atoms with Crippen LogP contribution in [0.1, 0.15) is 5.56 Å². The zero-order valence-electron chi connectivity index (χ0n) is 21.1. The first-order valence-electron chi connectivity index (χ1n) is 11.9. The molecule has 0 saturated heterocycles. The number of nitrogens with one attached hydrogen (secondary N) is 2. The Morgan fingerprint density at radius 3 is 2.36 bits per heavy atom. The van der Waals surface area contributed by atoms with Gasteiger partial charge in [-0.15, -0.1) is 0 Å². The Kier molecular flexibility index (Phi) is 7.32. The zero-order chi connectivity index (χ0) is 27.6. The second-order valence-corrected chi connectivity index (χ2v) is 11.9. The third kappa shape index (κ3) is 6.24. The fourth-order valence-corrected chi connectivity index (χ4v) is 5.57. The van der Waals surface area contributed by atoms with Crippen molar-refractivity contribution in [2.75, 3.05) is 24.0 Å². The number of carbonyl (C=O) groups is 1. The Morgan fingerprint density at radius 2 is 1.67 bits per heavy atom. The van der Waals surface area contributed by atoms with Gasteiger partial charge in [-0.3, -0.25) is 4.79 Å². The molecule has 39 heavy (non-hydrogen) atoms. The van der Waals surface area contributed by atoms with Gasteiger partial charge in [0.2, 0.25) is 5.91 Å². The van der Waals surface area contributed by atoms with Crippen LogP contribution >= 0.6 is 11.3 Å². The highest BCUT2D eigenvalue weighted by atomic mass is 32.2. The van der Waals surface area contributed by atoms with Gasteiger partial charge in [0.05, 0.1) is 34.3 Å². The number of amides is 1. The fourth-order valence-electron chi connectivity index (χ4n) is 4.02. The summed E-state index contributed by atoms with van der Waals surface area (Å²) < 4.78 is 43.2. The topological polar surface area (TPSA) is 97.4 Å². The number of hydrogen-bond acceptors (Lipinski definition) is 7. The molecule has 198 valence electrons. The van der Waals surface area contributed by atoms with Crippen LogP contribution in [0.3, 0.4) is 0 Å². The third-order valence-electron chi connectivity index (χ3n) is 6.01. The standard InChI is InChI=1S/C29H24FN3O4S2/c1-37-26-17-23(39(2,35)36)12-14-24(26)32-29-33-25-13-7-20(16-27(25)38-29)19-5-10-22(11-6-19)31-28(34)15-18-3-8-21(30)9-4-18/h3-14,16-17H,15H2,1-2H3,(H,31,34)(H,32,33). The van der Waals surface area contributed by atoms with Gasteiger partial charge in [-0.2, -0.15) is 0 Å². The summed E-state index contributed by atoms with van der Waals surface area (Å²) in [6.07, 6.45) is 1.31. The molecule has 1 aromatic heterocycles. The number of sulfone groups is 1. The maximum Gasteiger partial charge on any atom is 0.228 e. The van der Waals surface area contributed by atoms with Crippen molar-refractivity contribution < 1.29 is 22.3 Å². The molecule has 1 amide bonds. The van der Waals surface area contributed by atoms with E-state index in [1.54, 1.807) is 18.2 Å². The smallest absolute Gasteiger partial charge is 0.228 e. The molecule has 0 atom stereocenters. The first-order valence-corrected chi connectivity index (χ1v) is 14.6. The molecule has 0 aliphatic rings. The molecule has 0 aliphatic carbocycles. The van der Waals surface area contributed by atoms with E-state index in [4.69, 9.17) is 4.74 Å². The Balaban J connectivity index is 1.29. The predicted octanol–water partition coefficient (Wildman–Crippen LogP) is 6.44. The molecule has 0 spiro atoms. The van der Waals surface area contributed by atoms with Gasteiger partial charge in [0, 0.05) is 18.0 Å². The van der Waals surface area contributed by atoms with E-state index in [0.29, 0.717) is 22.3 Å². The van der Waals surface area contributed by atoms with Crippen molar-refractivity contribution in [1.82, 2.24) is 4.98 Å². The summed E-state index contributed by atoms with van der Waals surface area (Å²) in [6.45, 7) is 0. The van der Waals surface area contributed by atoms with Crippen LogP contribution in [0.5, 0.6) is 5.75 Å². The lowest BCUT2D eigenvalue weighted by atomic mass is 10.1. The Morgan fingerprint density at radius 1 is 0.949 bits per heavy atom. The SMILES string of the molecule is COc1cc(S(C)(=O)=O)ccc1Nc1nc2ccc(-c3ccc(NC(=O)Cc4ccc(F)cc4)cc3)cc2s1. The van der Waals surface area contributed by atoms with Crippen molar-refractivity contribution >= 4 is 53.8 Å². The number of benzene rings is 4. The van der Waals surface area contributed by atoms with E-state index < -0.39 is 9.84 Å². The molecule has 0 bridgehead atoms. The average Bonchev–Trinajstić information content (AvgIpc) is 3.31. The number of halogens is 1. The normalized spacial score (nSPS) is 11.4. The first kappa shape index (κ1) is 26.3. The number of aromatic nitrogens is 1. The Hall–Kier alpha value is -4.28. The van der Waals surface area contributed by atoms with Crippen LogP contribution in [0.25, 0.3) is 21.3 Å². The maximum absolute atomic E-state index is 13.1. The minimum absolute atomic E-state index is 0.161. The first-order chi connectivity index (χ1) is 18.7. The summed E-state index contributed by atoms with van der Waals surface area (Å²) in [4.78, 5) is 17.2. The third-order valence-corrected chi connectivity index (χ3v) is 8.05. The molecule has 5 rings (SSSR count). The van der Waals surface area contributed by atoms with Gasteiger partial charge in [0.1, 0.15) is 11.6 Å². The van der Waals surface area contributed by atoms with Gasteiger partial charge in [-0.25, -0.2) is 17.8 Å². The van der Waals surface area contributed by atoms with Crippen molar-refractivity contribution in [3.8, 4) is 16.9 Å². The maximum atomic E-state index is 13.1. The van der Waals surface area contributed by atoms with Gasteiger partial charge in [0.15, 0.2) is 15.0 Å². The van der Waals surface area contributed by atoms with Gasteiger partial charge < -0.3 is 15.4 Å². The minimum Gasteiger partial charge on any atom is -0.495 e. The molecule has 7 nitrogen and oxygen atoms in total. The summed E-state index contributed by atoms with van der Waals surface area (Å²) in [5, 5.41) is 6.74. The highest BCUT2D eigenvalue weighted by molar-refractivity contribution is 7.90. The molecule has 0 unspecified atom stereocenters. The highest BCUT2D eigenvalue weighted by Crippen LogP contribution is 2.35. The number of rotatable bonds is 8. The number of anilines is 3. The molecule has 0 radical (unpaired) electrons. The monoisotopic (exact) mass is 561 g/mol. The lowest BCUT2D eigenvalue weighted by molar-refractivity contribution is -0.115. The Bertz CT molecular complexity index is 1770. The number of thiazole rings is 1. The molecule has 0 fully saturated rings. The number of fused-ring (bicyclic) bond motifs is 1. The Labute approximate surface area is 229 Å². The van der Waals surface area contributed by atoms with Crippen LogP contribution in [-0.2, 0) is 21.1 Å². The molecule has 5 aromatic rings. The zero-order valence-corrected chi connectivity index (χ0v) is 22.7. The quantitative estimate of drug-likeness (QED) is 0.226.